The van der Waals surface area contributed by atoms with E-state index in [0.717, 1.165) is 19.5 Å². The molecule has 2 aliphatic rings. The molecule has 1 aromatic rings. The van der Waals surface area contributed by atoms with Crippen molar-refractivity contribution in [1.82, 2.24) is 10.2 Å². The molecule has 2 heterocycles. The topological polar surface area (TPSA) is 135 Å². The van der Waals surface area contributed by atoms with Gasteiger partial charge in [-0.25, -0.2) is 14.4 Å². The fraction of sp³-hybridized carbons (Fsp3) is 0.450. The highest BCUT2D eigenvalue weighted by Gasteiger charge is 2.26. The number of carbonyl (C=O) groups is 3. The molecule has 0 aliphatic carbocycles. The Bertz CT molecular complexity index is 751. The molecule has 0 saturated carbocycles. The van der Waals surface area contributed by atoms with Gasteiger partial charge in [-0.2, -0.15) is 0 Å². The summed E-state index contributed by atoms with van der Waals surface area (Å²) in [6.45, 7) is 4.90. The van der Waals surface area contributed by atoms with Crippen LogP contribution in [0.1, 0.15) is 19.8 Å². The molecule has 0 aromatic heterocycles. The van der Waals surface area contributed by atoms with E-state index in [9.17, 15) is 14.4 Å². The number of nitrogens with one attached hydrogen (secondary N) is 1. The fourth-order valence-corrected chi connectivity index (χ4v) is 3.08. The Labute approximate surface area is 174 Å². The summed E-state index contributed by atoms with van der Waals surface area (Å²) in [7, 11) is 0. The van der Waals surface area contributed by atoms with Crippen LogP contribution in [0.15, 0.2) is 36.4 Å². The van der Waals surface area contributed by atoms with Crippen LogP contribution in [0, 0.1) is 0 Å². The fourth-order valence-electron chi connectivity index (χ4n) is 3.08. The Morgan fingerprint density at radius 2 is 1.87 bits per heavy atom. The average molecular weight is 422 g/mol. The number of hydrogen-bond acceptors (Lipinski definition) is 7. The third-order valence-electron chi connectivity index (χ3n) is 4.47. The van der Waals surface area contributed by atoms with Crippen LogP contribution in [0.3, 0.4) is 0 Å². The maximum atomic E-state index is 11.9. The summed E-state index contributed by atoms with van der Waals surface area (Å²) >= 11 is 0. The molecule has 0 bridgehead atoms. The van der Waals surface area contributed by atoms with Crippen LogP contribution in [-0.2, 0) is 14.3 Å². The van der Waals surface area contributed by atoms with Gasteiger partial charge in [0.1, 0.15) is 13.2 Å². The van der Waals surface area contributed by atoms with Crippen molar-refractivity contribution in [3.05, 3.63) is 36.4 Å². The molecule has 2 aliphatic heterocycles. The second kappa shape index (κ2) is 11.7. The van der Waals surface area contributed by atoms with Crippen molar-refractivity contribution in [1.29, 1.82) is 0 Å². The van der Waals surface area contributed by atoms with E-state index in [1.807, 2.05) is 24.3 Å². The lowest BCUT2D eigenvalue weighted by molar-refractivity contribution is -0.134. The van der Waals surface area contributed by atoms with Crippen LogP contribution in [0.5, 0.6) is 11.5 Å². The normalized spacial score (nSPS) is 20.2. The van der Waals surface area contributed by atoms with Gasteiger partial charge < -0.3 is 24.4 Å². The van der Waals surface area contributed by atoms with Gasteiger partial charge >= 0.3 is 18.0 Å². The number of carboxylic acids is 2. The molecule has 164 valence electrons. The predicted molar refractivity (Wildman–Crippen MR) is 106 cm³/mol. The lowest BCUT2D eigenvalue weighted by Gasteiger charge is -2.27. The van der Waals surface area contributed by atoms with Crippen LogP contribution in [0.25, 0.3) is 0 Å². The number of carbonyl (C=O) groups excluding carboxylic acids is 1. The van der Waals surface area contributed by atoms with E-state index in [1.165, 1.54) is 6.42 Å². The Morgan fingerprint density at radius 3 is 2.50 bits per heavy atom. The molecule has 3 N–H and O–H groups in total. The first-order valence-corrected chi connectivity index (χ1v) is 9.58. The highest BCUT2D eigenvalue weighted by molar-refractivity contribution is 5.89. The summed E-state index contributed by atoms with van der Waals surface area (Å²) in [5.74, 6) is -1.19. The highest BCUT2D eigenvalue weighted by Crippen LogP contribution is 2.30. The van der Waals surface area contributed by atoms with Crippen molar-refractivity contribution < 1.29 is 38.8 Å². The number of hydrogen-bond donors (Lipinski definition) is 3. The van der Waals surface area contributed by atoms with Gasteiger partial charge in [-0.05, 0) is 38.1 Å². The van der Waals surface area contributed by atoms with Crippen LogP contribution in [0.2, 0.25) is 0 Å². The van der Waals surface area contributed by atoms with E-state index in [4.69, 9.17) is 24.4 Å². The van der Waals surface area contributed by atoms with Crippen LogP contribution >= 0.6 is 0 Å². The standard InChI is InChI=1S/C16H22N2O4.C4H4O4/c1-2-18-9-5-6-12(18)10-21-16(19)17-15-11-20-13-7-3-4-8-14(13)22-15;5-3(6)1-2-4(7)8/h3-4,7-8,12,15H,2,5-6,9-11H2,1H3,(H,17,19);1-2H,(H,5,6)(H,7,8)/b;2-1+. The zero-order valence-corrected chi connectivity index (χ0v) is 16.7. The summed E-state index contributed by atoms with van der Waals surface area (Å²) in [6, 6.07) is 7.73. The van der Waals surface area contributed by atoms with Crippen molar-refractivity contribution >= 4 is 18.0 Å². The first-order chi connectivity index (χ1) is 14.4. The van der Waals surface area contributed by atoms with Crippen LogP contribution in [-0.4, -0.2) is 71.7 Å². The third-order valence-corrected chi connectivity index (χ3v) is 4.47. The second-order valence-corrected chi connectivity index (χ2v) is 6.54. The Balaban J connectivity index is 0.000000343. The molecule has 1 fully saturated rings. The van der Waals surface area contributed by atoms with Crippen LogP contribution in [0.4, 0.5) is 4.79 Å². The van der Waals surface area contributed by atoms with Gasteiger partial charge in [0.15, 0.2) is 11.5 Å². The molecule has 2 unspecified atom stereocenters. The molecule has 3 rings (SSSR count). The summed E-state index contributed by atoms with van der Waals surface area (Å²) in [5.41, 5.74) is 0. The number of aliphatic carboxylic acids is 2. The Morgan fingerprint density at radius 1 is 1.20 bits per heavy atom. The minimum atomic E-state index is -1.26. The maximum Gasteiger partial charge on any atom is 0.410 e. The van der Waals surface area contributed by atoms with E-state index in [0.29, 0.717) is 36.3 Å². The zero-order valence-electron chi connectivity index (χ0n) is 16.7. The van der Waals surface area contributed by atoms with Gasteiger partial charge in [0.2, 0.25) is 6.23 Å². The number of rotatable bonds is 6. The first kappa shape index (κ1) is 23.0. The van der Waals surface area contributed by atoms with Gasteiger partial charge in [0.05, 0.1) is 0 Å². The number of benzene rings is 1. The quantitative estimate of drug-likeness (QED) is 0.586. The van der Waals surface area contributed by atoms with Crippen LogP contribution < -0.4 is 14.8 Å². The number of ether oxygens (including phenoxy) is 3. The van der Waals surface area contributed by atoms with Crippen molar-refractivity contribution in [2.45, 2.75) is 32.0 Å². The van der Waals surface area contributed by atoms with Gasteiger partial charge in [0.25, 0.3) is 0 Å². The molecular weight excluding hydrogens is 396 g/mol. The largest absolute Gasteiger partial charge is 0.484 e. The van der Waals surface area contributed by atoms with Crippen molar-refractivity contribution in [2.75, 3.05) is 26.3 Å². The molecule has 10 nitrogen and oxygen atoms in total. The molecule has 10 heteroatoms. The van der Waals surface area contributed by atoms with Gasteiger partial charge in [0, 0.05) is 18.2 Å². The lowest BCUT2D eigenvalue weighted by atomic mass is 10.2. The van der Waals surface area contributed by atoms with E-state index < -0.39 is 24.3 Å². The maximum absolute atomic E-state index is 11.9. The number of fused-ring (bicyclic) bond motifs is 1. The Kier molecular flexibility index (Phi) is 8.95. The van der Waals surface area contributed by atoms with Crippen molar-refractivity contribution in [3.8, 4) is 11.5 Å². The smallest absolute Gasteiger partial charge is 0.410 e. The van der Waals surface area contributed by atoms with E-state index >= 15 is 0 Å². The molecule has 30 heavy (non-hydrogen) atoms. The van der Waals surface area contributed by atoms with E-state index in [2.05, 4.69) is 17.1 Å². The highest BCUT2D eigenvalue weighted by atomic mass is 16.6. The molecule has 0 radical (unpaired) electrons. The number of likely N-dealkylation sites (tertiary alicyclic amines) is 1. The SMILES string of the molecule is CCN1CCCC1COC(=O)NC1COc2ccccc2O1.O=C(O)/C=C/C(=O)O. The van der Waals surface area contributed by atoms with Gasteiger partial charge in [-0.15, -0.1) is 0 Å². The summed E-state index contributed by atoms with van der Waals surface area (Å²) in [5, 5.41) is 18.3. The Hall–Kier alpha value is -3.27. The molecule has 2 atom stereocenters. The average Bonchev–Trinajstić information content (AvgIpc) is 3.19. The van der Waals surface area contributed by atoms with E-state index in [1.54, 1.807) is 0 Å². The minimum absolute atomic E-state index is 0.274. The monoisotopic (exact) mass is 422 g/mol. The molecule has 1 saturated heterocycles. The minimum Gasteiger partial charge on any atom is -0.484 e. The number of para-hydroxylation sites is 2. The predicted octanol–water partition coefficient (Wildman–Crippen LogP) is 1.71. The molecule has 0 spiro atoms. The third kappa shape index (κ3) is 7.63. The number of likely N-dealkylation sites (N-methyl/N-ethyl adjacent to an activating group) is 1. The van der Waals surface area contributed by atoms with Gasteiger partial charge in [-0.1, -0.05) is 19.1 Å². The first-order valence-electron chi connectivity index (χ1n) is 9.58. The molecule has 1 aromatic carbocycles. The number of nitrogens with zero attached hydrogens (tertiary/aromatic N) is 1. The second-order valence-electron chi connectivity index (χ2n) is 6.54. The van der Waals surface area contributed by atoms with Crippen molar-refractivity contribution in [2.24, 2.45) is 0 Å². The summed E-state index contributed by atoms with van der Waals surface area (Å²) in [6.07, 6.45) is 2.38. The zero-order chi connectivity index (χ0) is 21.9. The van der Waals surface area contributed by atoms with Gasteiger partial charge in [-0.3, -0.25) is 10.2 Å². The lowest BCUT2D eigenvalue weighted by Crippen LogP contribution is -2.46. The number of carboxylic acid groups (broad SMARTS) is 2. The number of alkyl carbamates (subject to hydrolysis) is 1. The summed E-state index contributed by atoms with van der Waals surface area (Å²) < 4.78 is 16.5. The molecule has 1 amide bonds. The van der Waals surface area contributed by atoms with Crippen molar-refractivity contribution in [3.63, 3.8) is 0 Å². The van der Waals surface area contributed by atoms with E-state index in [-0.39, 0.29) is 6.61 Å². The molecular formula is C20H26N2O8. The summed E-state index contributed by atoms with van der Waals surface area (Å²) in [4.78, 5) is 33.3. The number of amides is 1.